The summed E-state index contributed by atoms with van der Waals surface area (Å²) in [5.74, 6) is -0.733. The summed E-state index contributed by atoms with van der Waals surface area (Å²) in [6, 6.07) is 9.20. The molecule has 4 nitrogen and oxygen atoms in total. The van der Waals surface area contributed by atoms with Gasteiger partial charge in [0.25, 0.3) is 0 Å². The average Bonchev–Trinajstić information content (AvgIpc) is 2.56. The molecule has 0 N–H and O–H groups in total. The van der Waals surface area contributed by atoms with Crippen molar-refractivity contribution in [1.82, 2.24) is 4.57 Å². The van der Waals surface area contributed by atoms with E-state index in [1.54, 1.807) is 17.7 Å². The number of carbonyl (C=O) groups is 1. The van der Waals surface area contributed by atoms with Gasteiger partial charge in [0.05, 0.1) is 0 Å². The van der Waals surface area contributed by atoms with Crippen LogP contribution < -0.4 is 0 Å². The van der Waals surface area contributed by atoms with E-state index in [1.807, 2.05) is 24.3 Å². The summed E-state index contributed by atoms with van der Waals surface area (Å²) in [6.45, 7) is 0. The fourth-order valence-corrected chi connectivity index (χ4v) is 1.54. The van der Waals surface area contributed by atoms with Crippen LogP contribution in [0.2, 0.25) is 0 Å². The first-order valence-electron chi connectivity index (χ1n) is 4.16. The molecule has 70 valence electrons. The molecule has 0 unspecified atom stereocenters. The Hall–Kier alpha value is -1.97. The zero-order chi connectivity index (χ0) is 10.1. The maximum absolute atomic E-state index is 11.1. The van der Waals surface area contributed by atoms with Crippen LogP contribution in [0.25, 0.3) is 10.9 Å². The van der Waals surface area contributed by atoms with Crippen LogP contribution in [0.15, 0.2) is 35.5 Å². The van der Waals surface area contributed by atoms with Gasteiger partial charge in [0, 0.05) is 23.1 Å². The molecule has 14 heavy (non-hydrogen) atoms. The maximum Gasteiger partial charge on any atom is 0.333 e. The number of rotatable bonds is 1. The normalized spacial score (nSPS) is 10.4. The van der Waals surface area contributed by atoms with Gasteiger partial charge in [-0.1, -0.05) is 18.2 Å². The Kier molecular flexibility index (Phi) is 1.89. The van der Waals surface area contributed by atoms with Gasteiger partial charge < -0.3 is 4.57 Å². The van der Waals surface area contributed by atoms with Crippen LogP contribution in [0.4, 0.5) is 0 Å². The zero-order valence-corrected chi connectivity index (χ0v) is 7.60. The highest BCUT2D eigenvalue weighted by Gasteiger charge is 2.12. The molecule has 0 saturated heterocycles. The van der Waals surface area contributed by atoms with Crippen LogP contribution in [-0.2, 0) is 7.05 Å². The van der Waals surface area contributed by atoms with Crippen LogP contribution in [-0.4, -0.2) is 10.5 Å². The predicted octanol–water partition coefficient (Wildman–Crippen LogP) is 2.08. The summed E-state index contributed by atoms with van der Waals surface area (Å²) in [5.41, 5.74) is 1.24. The van der Waals surface area contributed by atoms with Crippen molar-refractivity contribution >= 4 is 16.8 Å². The molecule has 1 aromatic carbocycles. The van der Waals surface area contributed by atoms with E-state index in [0.29, 0.717) is 5.69 Å². The lowest BCUT2D eigenvalue weighted by molar-refractivity contribution is 0.0993. The summed E-state index contributed by atoms with van der Waals surface area (Å²) in [7, 11) is 1.74. The van der Waals surface area contributed by atoms with Gasteiger partial charge in [0.2, 0.25) is 0 Å². The van der Waals surface area contributed by atoms with E-state index in [1.165, 1.54) is 0 Å². The van der Waals surface area contributed by atoms with Crippen LogP contribution in [0.5, 0.6) is 0 Å². The number of para-hydroxylation sites is 1. The van der Waals surface area contributed by atoms with Crippen molar-refractivity contribution in [1.29, 1.82) is 0 Å². The summed E-state index contributed by atoms with van der Waals surface area (Å²) < 4.78 is 1.67. The second-order valence-corrected chi connectivity index (χ2v) is 3.04. The SMILES string of the molecule is Cn1c(C(=O)N=O)cc2ccccc21. The van der Waals surface area contributed by atoms with E-state index in [2.05, 4.69) is 5.18 Å². The van der Waals surface area contributed by atoms with Crippen molar-refractivity contribution in [3.63, 3.8) is 0 Å². The van der Waals surface area contributed by atoms with Gasteiger partial charge in [0.15, 0.2) is 0 Å². The first kappa shape index (κ1) is 8.62. The maximum atomic E-state index is 11.1. The highest BCUT2D eigenvalue weighted by Crippen LogP contribution is 2.18. The summed E-state index contributed by atoms with van der Waals surface area (Å²) in [5, 5.41) is 3.34. The molecular formula is C10H8N2O2. The van der Waals surface area contributed by atoms with Gasteiger partial charge in [-0.3, -0.25) is 4.79 Å². The van der Waals surface area contributed by atoms with Gasteiger partial charge in [-0.15, -0.1) is 4.91 Å². The number of aryl methyl sites for hydroxylation is 1. The lowest BCUT2D eigenvalue weighted by atomic mass is 10.2. The summed E-state index contributed by atoms with van der Waals surface area (Å²) >= 11 is 0. The molecular weight excluding hydrogens is 180 g/mol. The Morgan fingerprint density at radius 1 is 1.36 bits per heavy atom. The standard InChI is InChI=1S/C10H8N2O2/c1-12-8-5-3-2-4-7(8)6-9(12)10(13)11-14/h2-6H,1H3. The highest BCUT2D eigenvalue weighted by atomic mass is 16.3. The lowest BCUT2D eigenvalue weighted by Gasteiger charge is -1.97. The number of carbonyl (C=O) groups excluding carboxylic acids is 1. The van der Waals surface area contributed by atoms with E-state index in [4.69, 9.17) is 0 Å². The molecule has 0 fully saturated rings. The molecule has 4 heteroatoms. The third kappa shape index (κ3) is 1.12. The minimum atomic E-state index is -0.733. The molecule has 0 aliphatic heterocycles. The second kappa shape index (κ2) is 3.06. The third-order valence-electron chi connectivity index (χ3n) is 2.25. The van der Waals surface area contributed by atoms with Crippen molar-refractivity contribution in [2.75, 3.05) is 0 Å². The lowest BCUT2D eigenvalue weighted by Crippen LogP contribution is -2.01. The van der Waals surface area contributed by atoms with Gasteiger partial charge in [-0.25, -0.2) is 0 Å². The van der Waals surface area contributed by atoms with Gasteiger partial charge in [-0.05, 0) is 12.1 Å². The van der Waals surface area contributed by atoms with E-state index in [0.717, 1.165) is 10.9 Å². The van der Waals surface area contributed by atoms with Crippen LogP contribution in [0.3, 0.4) is 0 Å². The Morgan fingerprint density at radius 2 is 2.07 bits per heavy atom. The molecule has 0 aliphatic rings. The van der Waals surface area contributed by atoms with Gasteiger partial charge in [0.1, 0.15) is 5.69 Å². The van der Waals surface area contributed by atoms with Crippen LogP contribution in [0, 0.1) is 4.91 Å². The molecule has 0 spiro atoms. The van der Waals surface area contributed by atoms with Crippen LogP contribution in [0.1, 0.15) is 10.5 Å². The highest BCUT2D eigenvalue weighted by molar-refractivity contribution is 5.99. The number of hydrogen-bond donors (Lipinski definition) is 0. The first-order valence-corrected chi connectivity index (χ1v) is 4.16. The molecule has 0 bridgehead atoms. The topological polar surface area (TPSA) is 51.4 Å². The van der Waals surface area contributed by atoms with Crippen molar-refractivity contribution in [2.24, 2.45) is 12.2 Å². The zero-order valence-electron chi connectivity index (χ0n) is 7.60. The Morgan fingerprint density at radius 3 is 2.71 bits per heavy atom. The van der Waals surface area contributed by atoms with E-state index in [9.17, 15) is 9.70 Å². The Balaban J connectivity index is 2.74. The summed E-state index contributed by atoms with van der Waals surface area (Å²) in [6.07, 6.45) is 0. The third-order valence-corrected chi connectivity index (χ3v) is 2.25. The molecule has 1 aromatic heterocycles. The monoisotopic (exact) mass is 188 g/mol. The van der Waals surface area contributed by atoms with E-state index < -0.39 is 5.91 Å². The minimum Gasteiger partial charge on any atom is -0.339 e. The number of amides is 1. The van der Waals surface area contributed by atoms with Crippen molar-refractivity contribution in [2.45, 2.75) is 0 Å². The number of nitroso groups, excluding NO2 is 1. The molecule has 0 saturated carbocycles. The quantitative estimate of drug-likeness (QED) is 0.643. The smallest absolute Gasteiger partial charge is 0.333 e. The van der Waals surface area contributed by atoms with E-state index in [-0.39, 0.29) is 0 Å². The number of hydrogen-bond acceptors (Lipinski definition) is 2. The average molecular weight is 188 g/mol. The minimum absolute atomic E-state index is 0.321. The first-order chi connectivity index (χ1) is 6.74. The van der Waals surface area contributed by atoms with Crippen molar-refractivity contribution < 1.29 is 4.79 Å². The van der Waals surface area contributed by atoms with Crippen molar-refractivity contribution in [3.05, 3.63) is 40.9 Å². The van der Waals surface area contributed by atoms with E-state index >= 15 is 0 Å². The van der Waals surface area contributed by atoms with Gasteiger partial charge >= 0.3 is 5.91 Å². The molecule has 1 heterocycles. The number of nitrogens with zero attached hydrogens (tertiary/aromatic N) is 2. The second-order valence-electron chi connectivity index (χ2n) is 3.04. The summed E-state index contributed by atoms with van der Waals surface area (Å²) in [4.78, 5) is 21.2. The molecule has 0 radical (unpaired) electrons. The van der Waals surface area contributed by atoms with Crippen molar-refractivity contribution in [3.8, 4) is 0 Å². The fraction of sp³-hybridized carbons (Fsp3) is 0.100. The van der Waals surface area contributed by atoms with Gasteiger partial charge in [-0.2, -0.15) is 0 Å². The largest absolute Gasteiger partial charge is 0.339 e. The molecule has 0 aliphatic carbocycles. The number of fused-ring (bicyclic) bond motifs is 1. The Labute approximate surface area is 80.1 Å². The molecule has 2 aromatic rings. The number of aromatic nitrogens is 1. The molecule has 0 atom stereocenters. The Bertz CT molecular complexity index is 514. The number of benzene rings is 1. The molecule has 2 rings (SSSR count). The van der Waals surface area contributed by atoms with Crippen LogP contribution >= 0.6 is 0 Å². The predicted molar refractivity (Wildman–Crippen MR) is 53.0 cm³/mol. The fourth-order valence-electron chi connectivity index (χ4n) is 1.54. The molecule has 1 amide bonds.